The van der Waals surface area contributed by atoms with Gasteiger partial charge in [-0.15, -0.1) is 9.24 Å². The molecular weight excluding hydrogens is 323 g/mol. The van der Waals surface area contributed by atoms with Crippen molar-refractivity contribution < 1.29 is 9.84 Å². The summed E-state index contributed by atoms with van der Waals surface area (Å²) in [5.74, 6) is 0.222. The van der Waals surface area contributed by atoms with Gasteiger partial charge in [0.1, 0.15) is 5.75 Å². The standard InChI is InChI=1S/C17H21N4O2P/c1-23-7-5-19-16-13(9-18)14(10-21-6-4-20-17(16)21)12-3-2-11(24)8-15(12)22/h2-4,6,8,10,19,22H,5,7,9,18,24H2,1H3. The van der Waals surface area contributed by atoms with E-state index < -0.39 is 0 Å². The molecule has 0 aliphatic carbocycles. The van der Waals surface area contributed by atoms with Crippen LogP contribution in [0, 0.1) is 0 Å². The Labute approximate surface area is 142 Å². The predicted molar refractivity (Wildman–Crippen MR) is 99.9 cm³/mol. The van der Waals surface area contributed by atoms with Crippen LogP contribution >= 0.6 is 9.24 Å². The van der Waals surface area contributed by atoms with Crippen LogP contribution in [-0.4, -0.2) is 34.8 Å². The normalized spacial score (nSPS) is 11.1. The monoisotopic (exact) mass is 344 g/mol. The summed E-state index contributed by atoms with van der Waals surface area (Å²) in [4.78, 5) is 4.42. The van der Waals surface area contributed by atoms with E-state index in [1.54, 1.807) is 19.4 Å². The average molecular weight is 344 g/mol. The van der Waals surface area contributed by atoms with Gasteiger partial charge >= 0.3 is 0 Å². The SMILES string of the molecule is COCCNc1c(CN)c(-c2ccc(P)cc2O)cn2ccnc12. The molecule has 0 aliphatic rings. The highest BCUT2D eigenvalue weighted by molar-refractivity contribution is 7.27. The molecule has 2 heterocycles. The quantitative estimate of drug-likeness (QED) is 0.468. The Kier molecular flexibility index (Phi) is 5.00. The summed E-state index contributed by atoms with van der Waals surface area (Å²) in [6, 6.07) is 5.56. The van der Waals surface area contributed by atoms with E-state index in [1.165, 1.54) is 0 Å². The number of rotatable bonds is 6. The molecule has 6 nitrogen and oxygen atoms in total. The van der Waals surface area contributed by atoms with Gasteiger partial charge in [-0.25, -0.2) is 4.98 Å². The molecule has 0 amide bonds. The second-order valence-corrected chi connectivity index (χ2v) is 6.12. The fraction of sp³-hybridized carbons (Fsp3) is 0.235. The zero-order chi connectivity index (χ0) is 17.1. The van der Waals surface area contributed by atoms with Crippen molar-refractivity contribution in [2.45, 2.75) is 6.54 Å². The van der Waals surface area contributed by atoms with Crippen LogP contribution in [0.25, 0.3) is 16.8 Å². The number of nitrogens with zero attached hydrogens (tertiary/aromatic N) is 2. The van der Waals surface area contributed by atoms with Crippen LogP contribution in [0.4, 0.5) is 5.69 Å². The molecule has 1 aromatic carbocycles. The Morgan fingerprint density at radius 1 is 1.38 bits per heavy atom. The van der Waals surface area contributed by atoms with E-state index in [1.807, 2.05) is 28.9 Å². The number of anilines is 1. The summed E-state index contributed by atoms with van der Waals surface area (Å²) < 4.78 is 7.04. The number of pyridine rings is 1. The van der Waals surface area contributed by atoms with Gasteiger partial charge in [0.05, 0.1) is 12.3 Å². The molecule has 1 unspecified atom stereocenters. The van der Waals surface area contributed by atoms with Crippen LogP contribution in [-0.2, 0) is 11.3 Å². The van der Waals surface area contributed by atoms with Crippen LogP contribution in [0.2, 0.25) is 0 Å². The van der Waals surface area contributed by atoms with Gasteiger partial charge in [0.2, 0.25) is 0 Å². The second-order valence-electron chi connectivity index (χ2n) is 5.45. The van der Waals surface area contributed by atoms with Crippen molar-refractivity contribution in [3.63, 3.8) is 0 Å². The lowest BCUT2D eigenvalue weighted by atomic mass is 9.99. The minimum absolute atomic E-state index is 0.222. The second kappa shape index (κ2) is 7.18. The van der Waals surface area contributed by atoms with E-state index >= 15 is 0 Å². The number of methoxy groups -OCH3 is 1. The molecule has 24 heavy (non-hydrogen) atoms. The molecule has 0 bridgehead atoms. The predicted octanol–water partition coefficient (Wildman–Crippen LogP) is 1.72. The number of benzene rings is 1. The van der Waals surface area contributed by atoms with Crippen LogP contribution in [0.5, 0.6) is 5.75 Å². The summed E-state index contributed by atoms with van der Waals surface area (Å²) in [5, 5.41) is 14.7. The number of phenolic OH excluding ortho intramolecular Hbond substituents is 1. The number of fused-ring (bicyclic) bond motifs is 1. The molecule has 1 atom stereocenters. The Balaban J connectivity index is 2.19. The van der Waals surface area contributed by atoms with E-state index in [0.717, 1.165) is 33.3 Å². The van der Waals surface area contributed by atoms with E-state index in [2.05, 4.69) is 19.5 Å². The maximum atomic E-state index is 10.4. The van der Waals surface area contributed by atoms with Crippen molar-refractivity contribution in [3.8, 4) is 16.9 Å². The van der Waals surface area contributed by atoms with Crippen molar-refractivity contribution >= 4 is 25.9 Å². The first-order valence-electron chi connectivity index (χ1n) is 7.66. The number of imidazole rings is 1. The number of aromatic nitrogens is 2. The summed E-state index contributed by atoms with van der Waals surface area (Å²) >= 11 is 0. The molecule has 3 aromatic rings. The molecule has 0 aliphatic heterocycles. The van der Waals surface area contributed by atoms with Gasteiger partial charge in [-0.05, 0) is 17.4 Å². The molecule has 3 rings (SSSR count). The lowest BCUT2D eigenvalue weighted by Gasteiger charge is -2.17. The van der Waals surface area contributed by atoms with Crippen LogP contribution in [0.15, 0.2) is 36.8 Å². The van der Waals surface area contributed by atoms with Crippen LogP contribution in [0.3, 0.4) is 0 Å². The fourth-order valence-corrected chi connectivity index (χ4v) is 3.04. The van der Waals surface area contributed by atoms with Crippen molar-refractivity contribution in [1.82, 2.24) is 9.38 Å². The number of ether oxygens (including phenoxy) is 1. The summed E-state index contributed by atoms with van der Waals surface area (Å²) in [6.45, 7) is 1.55. The van der Waals surface area contributed by atoms with Crippen molar-refractivity contribution in [2.75, 3.05) is 25.6 Å². The Morgan fingerprint density at radius 3 is 2.92 bits per heavy atom. The highest BCUT2D eigenvalue weighted by Gasteiger charge is 2.17. The molecule has 126 valence electrons. The van der Waals surface area contributed by atoms with Crippen molar-refractivity contribution in [1.29, 1.82) is 0 Å². The summed E-state index contributed by atoms with van der Waals surface area (Å²) in [5.41, 5.74) is 10.2. The smallest absolute Gasteiger partial charge is 0.160 e. The molecule has 4 N–H and O–H groups in total. The summed E-state index contributed by atoms with van der Waals surface area (Å²) in [6.07, 6.45) is 5.57. The Hall–Kier alpha value is -2.14. The fourth-order valence-electron chi connectivity index (χ4n) is 2.78. The first kappa shape index (κ1) is 16.7. The number of nitrogens with one attached hydrogen (secondary N) is 1. The number of nitrogens with two attached hydrogens (primary N) is 1. The molecule has 7 heteroatoms. The van der Waals surface area contributed by atoms with E-state index in [0.29, 0.717) is 19.7 Å². The van der Waals surface area contributed by atoms with Gasteiger partial charge in [-0.2, -0.15) is 0 Å². The summed E-state index contributed by atoms with van der Waals surface area (Å²) in [7, 11) is 4.24. The van der Waals surface area contributed by atoms with E-state index in [9.17, 15) is 5.11 Å². The number of hydrogen-bond acceptors (Lipinski definition) is 5. The minimum Gasteiger partial charge on any atom is -0.507 e. The number of aromatic hydroxyl groups is 1. The minimum atomic E-state index is 0.222. The molecule has 0 spiro atoms. The van der Waals surface area contributed by atoms with Gasteiger partial charge in [-0.3, -0.25) is 0 Å². The molecular formula is C17H21N4O2P. The molecule has 0 radical (unpaired) electrons. The maximum Gasteiger partial charge on any atom is 0.160 e. The third kappa shape index (κ3) is 3.08. The van der Waals surface area contributed by atoms with Gasteiger partial charge < -0.3 is 25.3 Å². The first-order chi connectivity index (χ1) is 11.7. The third-order valence-corrected chi connectivity index (χ3v) is 4.27. The van der Waals surface area contributed by atoms with E-state index in [4.69, 9.17) is 10.5 Å². The first-order valence-corrected chi connectivity index (χ1v) is 8.23. The molecule has 2 aromatic heterocycles. The molecule has 0 saturated carbocycles. The topological polar surface area (TPSA) is 84.8 Å². The molecule has 0 saturated heterocycles. The Bertz CT molecular complexity index is 863. The lowest BCUT2D eigenvalue weighted by molar-refractivity contribution is 0.211. The van der Waals surface area contributed by atoms with Gasteiger partial charge in [0.15, 0.2) is 5.65 Å². The van der Waals surface area contributed by atoms with Gasteiger partial charge in [0, 0.05) is 55.5 Å². The third-order valence-electron chi connectivity index (χ3n) is 3.91. The largest absolute Gasteiger partial charge is 0.507 e. The van der Waals surface area contributed by atoms with Crippen molar-refractivity contribution in [2.24, 2.45) is 5.73 Å². The van der Waals surface area contributed by atoms with Crippen LogP contribution in [0.1, 0.15) is 5.56 Å². The van der Waals surface area contributed by atoms with Crippen LogP contribution < -0.4 is 16.4 Å². The lowest BCUT2D eigenvalue weighted by Crippen LogP contribution is -2.13. The van der Waals surface area contributed by atoms with Crippen molar-refractivity contribution in [3.05, 3.63) is 42.4 Å². The van der Waals surface area contributed by atoms with E-state index in [-0.39, 0.29) is 5.75 Å². The zero-order valence-corrected chi connectivity index (χ0v) is 14.6. The number of hydrogen-bond donors (Lipinski definition) is 3. The Morgan fingerprint density at radius 2 is 2.21 bits per heavy atom. The molecule has 0 fully saturated rings. The average Bonchev–Trinajstić information content (AvgIpc) is 3.03. The highest BCUT2D eigenvalue weighted by atomic mass is 31.0. The van der Waals surface area contributed by atoms with Gasteiger partial charge in [-0.1, -0.05) is 6.07 Å². The zero-order valence-electron chi connectivity index (χ0n) is 13.5. The highest BCUT2D eigenvalue weighted by Crippen LogP contribution is 2.36. The van der Waals surface area contributed by atoms with Gasteiger partial charge in [0.25, 0.3) is 0 Å². The number of phenols is 1. The maximum absolute atomic E-state index is 10.4.